The molecule has 1 aliphatic heterocycles. The highest BCUT2D eigenvalue weighted by atomic mass is 16.3. The maximum absolute atomic E-state index is 12.5. The van der Waals surface area contributed by atoms with Crippen molar-refractivity contribution in [3.8, 4) is 0 Å². The van der Waals surface area contributed by atoms with Crippen molar-refractivity contribution in [2.45, 2.75) is 52.0 Å². The number of oxazole rings is 1. The number of aryl methyl sites for hydroxylation is 1. The molecule has 0 aliphatic carbocycles. The van der Waals surface area contributed by atoms with E-state index in [-0.39, 0.29) is 17.7 Å². The molecule has 2 heterocycles. The largest absolute Gasteiger partial charge is 0.438 e. The van der Waals surface area contributed by atoms with Crippen LogP contribution in [0.5, 0.6) is 0 Å². The summed E-state index contributed by atoms with van der Waals surface area (Å²) >= 11 is 0. The molecule has 0 aromatic carbocycles. The normalized spacial score (nSPS) is 20.1. The van der Waals surface area contributed by atoms with Crippen molar-refractivity contribution in [2.75, 3.05) is 6.54 Å². The molecule has 1 aliphatic rings. The third kappa shape index (κ3) is 3.22. The molecule has 2 rings (SSSR count). The number of aromatic nitrogens is 1. The van der Waals surface area contributed by atoms with Crippen LogP contribution in [0.4, 0.5) is 0 Å². The average Bonchev–Trinajstić information content (AvgIpc) is 2.64. The van der Waals surface area contributed by atoms with Crippen LogP contribution in [0.3, 0.4) is 0 Å². The molecule has 5 nitrogen and oxygen atoms in total. The fraction of sp³-hybridized carbons (Fsp3) is 0.643. The molecule has 0 saturated carbocycles. The third-order valence-corrected chi connectivity index (χ3v) is 3.60. The lowest BCUT2D eigenvalue weighted by atomic mass is 10.0. The smallest absolute Gasteiger partial charge is 0.291 e. The second-order valence-corrected chi connectivity index (χ2v) is 5.17. The molecule has 5 heteroatoms. The molecule has 1 saturated heterocycles. The molecule has 104 valence electrons. The van der Waals surface area contributed by atoms with Crippen LogP contribution < -0.4 is 0 Å². The Kier molecular flexibility index (Phi) is 4.35. The Labute approximate surface area is 113 Å². The summed E-state index contributed by atoms with van der Waals surface area (Å²) in [5, 5.41) is 0. The van der Waals surface area contributed by atoms with E-state index in [2.05, 4.69) is 4.98 Å². The van der Waals surface area contributed by atoms with Crippen LogP contribution in [-0.4, -0.2) is 34.2 Å². The Hall–Kier alpha value is -1.65. The van der Waals surface area contributed by atoms with Gasteiger partial charge < -0.3 is 9.32 Å². The molecule has 0 radical (unpaired) electrons. The maximum Gasteiger partial charge on any atom is 0.291 e. The van der Waals surface area contributed by atoms with E-state index in [1.165, 1.54) is 6.39 Å². The first kappa shape index (κ1) is 13.8. The van der Waals surface area contributed by atoms with Crippen LogP contribution in [0.1, 0.15) is 55.3 Å². The highest BCUT2D eigenvalue weighted by Crippen LogP contribution is 2.22. The van der Waals surface area contributed by atoms with Crippen molar-refractivity contribution in [2.24, 2.45) is 0 Å². The topological polar surface area (TPSA) is 63.4 Å². The van der Waals surface area contributed by atoms with Gasteiger partial charge in [-0.15, -0.1) is 0 Å². The number of hydrogen-bond donors (Lipinski definition) is 0. The molecular weight excluding hydrogens is 244 g/mol. The number of Topliss-reactive ketones (excluding diaryl/α,β-unsaturated/α-hetero) is 1. The van der Waals surface area contributed by atoms with Crippen LogP contribution in [0, 0.1) is 6.92 Å². The van der Waals surface area contributed by atoms with E-state index < -0.39 is 0 Å². The standard InChI is InChI=1S/C14H20N2O3/c1-10(17)8-12-6-4-3-5-7-16(12)14(18)13-11(2)15-9-19-13/h9,12H,3-8H2,1-2H3. The lowest BCUT2D eigenvalue weighted by Crippen LogP contribution is -2.41. The number of carbonyl (C=O) groups excluding carboxylic acids is 2. The first-order valence-electron chi connectivity index (χ1n) is 6.80. The van der Waals surface area contributed by atoms with E-state index in [9.17, 15) is 9.59 Å². The lowest BCUT2D eigenvalue weighted by Gasteiger charge is -2.28. The fourth-order valence-electron chi connectivity index (χ4n) is 2.63. The minimum absolute atomic E-state index is 0.00278. The lowest BCUT2D eigenvalue weighted by molar-refractivity contribution is -0.118. The molecule has 0 N–H and O–H groups in total. The van der Waals surface area contributed by atoms with Crippen molar-refractivity contribution in [3.63, 3.8) is 0 Å². The first-order valence-corrected chi connectivity index (χ1v) is 6.80. The van der Waals surface area contributed by atoms with E-state index in [1.807, 2.05) is 0 Å². The van der Waals surface area contributed by atoms with Crippen molar-refractivity contribution >= 4 is 11.7 Å². The van der Waals surface area contributed by atoms with E-state index >= 15 is 0 Å². The molecule has 1 atom stereocenters. The second-order valence-electron chi connectivity index (χ2n) is 5.17. The molecule has 1 unspecified atom stereocenters. The van der Waals surface area contributed by atoms with Gasteiger partial charge in [0, 0.05) is 19.0 Å². The molecule has 0 spiro atoms. The van der Waals surface area contributed by atoms with Gasteiger partial charge in [-0.05, 0) is 26.7 Å². The van der Waals surface area contributed by atoms with Crippen LogP contribution in [0.2, 0.25) is 0 Å². The van der Waals surface area contributed by atoms with E-state index in [4.69, 9.17) is 4.42 Å². The number of carbonyl (C=O) groups is 2. The third-order valence-electron chi connectivity index (χ3n) is 3.60. The number of likely N-dealkylation sites (tertiary alicyclic amines) is 1. The van der Waals surface area contributed by atoms with Gasteiger partial charge in [0.15, 0.2) is 6.39 Å². The van der Waals surface area contributed by atoms with Crippen LogP contribution in [0.25, 0.3) is 0 Å². The molecule has 1 amide bonds. The van der Waals surface area contributed by atoms with Crippen LogP contribution in [0.15, 0.2) is 10.8 Å². The summed E-state index contributed by atoms with van der Waals surface area (Å²) < 4.78 is 5.19. The Morgan fingerprint density at radius 3 is 2.84 bits per heavy atom. The Balaban J connectivity index is 2.20. The molecule has 1 aromatic heterocycles. The monoisotopic (exact) mass is 264 g/mol. The molecule has 1 fully saturated rings. The Morgan fingerprint density at radius 2 is 2.21 bits per heavy atom. The number of hydrogen-bond acceptors (Lipinski definition) is 4. The summed E-state index contributed by atoms with van der Waals surface area (Å²) in [6.45, 7) is 4.03. The zero-order chi connectivity index (χ0) is 13.8. The number of amides is 1. The summed E-state index contributed by atoms with van der Waals surface area (Å²) in [6, 6.07) is -0.00278. The molecule has 19 heavy (non-hydrogen) atoms. The van der Waals surface area contributed by atoms with Crippen LogP contribution in [-0.2, 0) is 4.79 Å². The van der Waals surface area contributed by atoms with Crippen molar-refractivity contribution in [1.82, 2.24) is 9.88 Å². The van der Waals surface area contributed by atoms with Gasteiger partial charge in [0.2, 0.25) is 5.76 Å². The summed E-state index contributed by atoms with van der Waals surface area (Å²) in [7, 11) is 0. The summed E-state index contributed by atoms with van der Waals surface area (Å²) in [5.41, 5.74) is 0.607. The zero-order valence-corrected chi connectivity index (χ0v) is 11.5. The minimum atomic E-state index is -0.136. The number of ketones is 1. The van der Waals surface area contributed by atoms with Gasteiger partial charge in [0.1, 0.15) is 5.78 Å². The van der Waals surface area contributed by atoms with Gasteiger partial charge in [-0.2, -0.15) is 0 Å². The SMILES string of the molecule is CC(=O)CC1CCCCCN1C(=O)c1ocnc1C. The number of nitrogens with zero attached hydrogens (tertiary/aromatic N) is 2. The van der Waals surface area contributed by atoms with Crippen molar-refractivity contribution in [1.29, 1.82) is 0 Å². The van der Waals surface area contributed by atoms with Gasteiger partial charge >= 0.3 is 0 Å². The van der Waals surface area contributed by atoms with Crippen molar-refractivity contribution < 1.29 is 14.0 Å². The highest BCUT2D eigenvalue weighted by Gasteiger charge is 2.29. The summed E-state index contributed by atoms with van der Waals surface area (Å²) in [4.78, 5) is 29.6. The fourth-order valence-corrected chi connectivity index (χ4v) is 2.63. The van der Waals surface area contributed by atoms with E-state index in [0.29, 0.717) is 24.4 Å². The number of rotatable bonds is 3. The Morgan fingerprint density at radius 1 is 1.42 bits per heavy atom. The quantitative estimate of drug-likeness (QED) is 0.840. The molecular formula is C14H20N2O3. The predicted molar refractivity (Wildman–Crippen MR) is 69.8 cm³/mol. The highest BCUT2D eigenvalue weighted by molar-refractivity contribution is 5.93. The van der Waals surface area contributed by atoms with Gasteiger partial charge in [-0.3, -0.25) is 9.59 Å². The summed E-state index contributed by atoms with van der Waals surface area (Å²) in [6.07, 6.45) is 5.76. The van der Waals surface area contributed by atoms with Crippen molar-refractivity contribution in [3.05, 3.63) is 17.8 Å². The average molecular weight is 264 g/mol. The summed E-state index contributed by atoms with van der Waals surface area (Å²) in [5.74, 6) is 0.289. The van der Waals surface area contributed by atoms with Gasteiger partial charge in [-0.1, -0.05) is 12.8 Å². The molecule has 0 bridgehead atoms. The van der Waals surface area contributed by atoms with E-state index in [1.54, 1.807) is 18.7 Å². The molecule has 1 aromatic rings. The maximum atomic E-state index is 12.5. The predicted octanol–water partition coefficient (Wildman–Crippen LogP) is 2.35. The van der Waals surface area contributed by atoms with Gasteiger partial charge in [0.25, 0.3) is 5.91 Å². The second kappa shape index (κ2) is 5.99. The minimum Gasteiger partial charge on any atom is -0.438 e. The van der Waals surface area contributed by atoms with Gasteiger partial charge in [0.05, 0.1) is 5.69 Å². The zero-order valence-electron chi connectivity index (χ0n) is 11.5. The van der Waals surface area contributed by atoms with Crippen LogP contribution >= 0.6 is 0 Å². The Bertz CT molecular complexity index is 467. The van der Waals surface area contributed by atoms with E-state index in [0.717, 1.165) is 25.7 Å². The first-order chi connectivity index (χ1) is 9.09. The van der Waals surface area contributed by atoms with Gasteiger partial charge in [-0.25, -0.2) is 4.98 Å².